The van der Waals surface area contributed by atoms with Gasteiger partial charge >= 0.3 is 0 Å². The lowest BCUT2D eigenvalue weighted by molar-refractivity contribution is -0.140. The molecule has 36 heavy (non-hydrogen) atoms. The van der Waals surface area contributed by atoms with Crippen molar-refractivity contribution in [2.75, 3.05) is 26.9 Å². The molecule has 2 aromatic rings. The van der Waals surface area contributed by atoms with Crippen LogP contribution in [-0.4, -0.2) is 43.6 Å². The second-order valence-electron chi connectivity index (χ2n) is 8.37. The van der Waals surface area contributed by atoms with Gasteiger partial charge in [-0.25, -0.2) is 0 Å². The molecule has 7 heteroatoms. The Hall–Kier alpha value is -4.05. The first-order valence-corrected chi connectivity index (χ1v) is 12.1. The number of imide groups is 1. The molecule has 0 bridgehead atoms. The lowest BCUT2D eigenvalue weighted by Crippen LogP contribution is -2.43. The predicted octanol–water partition coefficient (Wildman–Crippen LogP) is 5.11. The van der Waals surface area contributed by atoms with Gasteiger partial charge in [-0.2, -0.15) is 5.26 Å². The number of nitriles is 1. The minimum absolute atomic E-state index is 0.0277. The molecule has 0 saturated carbocycles. The fourth-order valence-corrected chi connectivity index (χ4v) is 3.86. The van der Waals surface area contributed by atoms with Crippen molar-refractivity contribution in [1.82, 2.24) is 4.90 Å². The molecule has 0 spiro atoms. The highest BCUT2D eigenvalue weighted by Crippen LogP contribution is 2.32. The largest absolute Gasteiger partial charge is 0.497 e. The van der Waals surface area contributed by atoms with Gasteiger partial charge in [-0.1, -0.05) is 31.5 Å². The fraction of sp³-hybridized carbons (Fsp3) is 0.345. The Morgan fingerprint density at radius 3 is 2.39 bits per heavy atom. The Kier molecular flexibility index (Phi) is 9.29. The fourth-order valence-electron chi connectivity index (χ4n) is 3.86. The SMILES string of the molecule is CCCCOc1ccc(/C=C2/C(=O)N(CCc3ccc(OC)cc3)C(=O)C(C#N)=C2C)cc1OCC. The first-order chi connectivity index (χ1) is 17.4. The molecule has 0 radical (unpaired) electrons. The average Bonchev–Trinajstić information content (AvgIpc) is 2.88. The first-order valence-electron chi connectivity index (χ1n) is 12.1. The van der Waals surface area contributed by atoms with E-state index >= 15 is 0 Å². The second-order valence-corrected chi connectivity index (χ2v) is 8.37. The maximum atomic E-state index is 13.4. The molecule has 3 rings (SSSR count). The van der Waals surface area contributed by atoms with Crippen LogP contribution in [0.4, 0.5) is 0 Å². The molecule has 0 unspecified atom stereocenters. The van der Waals surface area contributed by atoms with Crippen LogP contribution in [0.25, 0.3) is 6.08 Å². The van der Waals surface area contributed by atoms with Gasteiger partial charge in [-0.05, 0) is 73.7 Å². The van der Waals surface area contributed by atoms with Crippen LogP contribution in [-0.2, 0) is 16.0 Å². The van der Waals surface area contributed by atoms with Gasteiger partial charge in [0.1, 0.15) is 17.4 Å². The van der Waals surface area contributed by atoms with Crippen molar-refractivity contribution >= 4 is 17.9 Å². The van der Waals surface area contributed by atoms with Crippen LogP contribution in [0.15, 0.2) is 59.2 Å². The van der Waals surface area contributed by atoms with Gasteiger partial charge in [0.15, 0.2) is 11.5 Å². The summed E-state index contributed by atoms with van der Waals surface area (Å²) in [6, 6.07) is 14.9. The van der Waals surface area contributed by atoms with E-state index in [9.17, 15) is 14.9 Å². The lowest BCUT2D eigenvalue weighted by atomic mass is 9.93. The Morgan fingerprint density at radius 1 is 1.00 bits per heavy atom. The number of methoxy groups -OCH3 is 1. The van der Waals surface area contributed by atoms with Gasteiger partial charge in [0.05, 0.1) is 20.3 Å². The topological polar surface area (TPSA) is 88.9 Å². The van der Waals surface area contributed by atoms with Crippen LogP contribution in [0.3, 0.4) is 0 Å². The third kappa shape index (κ3) is 6.14. The number of unbranched alkanes of at least 4 members (excludes halogenated alkanes) is 1. The van der Waals surface area contributed by atoms with E-state index in [4.69, 9.17) is 14.2 Å². The molecule has 0 aromatic heterocycles. The highest BCUT2D eigenvalue weighted by Gasteiger charge is 2.35. The lowest BCUT2D eigenvalue weighted by Gasteiger charge is -2.27. The number of amides is 2. The molecule has 2 aromatic carbocycles. The van der Waals surface area contributed by atoms with E-state index in [0.717, 1.165) is 29.1 Å². The summed E-state index contributed by atoms with van der Waals surface area (Å²) in [6.45, 7) is 6.84. The normalized spacial score (nSPS) is 14.8. The third-order valence-corrected chi connectivity index (χ3v) is 5.94. The zero-order valence-electron chi connectivity index (χ0n) is 21.3. The van der Waals surface area contributed by atoms with Crippen molar-refractivity contribution < 1.29 is 23.8 Å². The van der Waals surface area contributed by atoms with Crippen molar-refractivity contribution in [3.05, 3.63) is 70.3 Å². The van der Waals surface area contributed by atoms with Crippen molar-refractivity contribution in [2.24, 2.45) is 0 Å². The zero-order chi connectivity index (χ0) is 26.1. The number of rotatable bonds is 11. The molecule has 2 amide bonds. The number of hydrogen-bond donors (Lipinski definition) is 0. The van der Waals surface area contributed by atoms with E-state index in [2.05, 4.69) is 6.92 Å². The van der Waals surface area contributed by atoms with E-state index in [-0.39, 0.29) is 12.1 Å². The molecule has 0 saturated heterocycles. The molecule has 0 aliphatic carbocycles. The minimum atomic E-state index is -0.569. The number of ether oxygens (including phenoxy) is 3. The summed E-state index contributed by atoms with van der Waals surface area (Å²) in [6.07, 6.45) is 4.12. The number of hydrogen-bond acceptors (Lipinski definition) is 6. The van der Waals surface area contributed by atoms with E-state index in [1.807, 2.05) is 55.5 Å². The minimum Gasteiger partial charge on any atom is -0.497 e. The van der Waals surface area contributed by atoms with Crippen LogP contribution in [0.2, 0.25) is 0 Å². The summed E-state index contributed by atoms with van der Waals surface area (Å²) in [5.41, 5.74) is 2.31. The molecule has 1 aliphatic heterocycles. The molecule has 1 heterocycles. The van der Waals surface area contributed by atoms with Crippen molar-refractivity contribution in [3.63, 3.8) is 0 Å². The molecule has 0 fully saturated rings. The molecule has 7 nitrogen and oxygen atoms in total. The van der Waals surface area contributed by atoms with Gasteiger partial charge in [0.25, 0.3) is 11.8 Å². The summed E-state index contributed by atoms with van der Waals surface area (Å²) in [5, 5.41) is 9.67. The van der Waals surface area contributed by atoms with Crippen LogP contribution in [0.5, 0.6) is 17.2 Å². The monoisotopic (exact) mass is 488 g/mol. The molecular formula is C29H32N2O5. The molecular weight excluding hydrogens is 456 g/mol. The summed E-state index contributed by atoms with van der Waals surface area (Å²) in [4.78, 5) is 27.5. The smallest absolute Gasteiger partial charge is 0.271 e. The quantitative estimate of drug-likeness (QED) is 0.248. The molecule has 0 atom stereocenters. The first kappa shape index (κ1) is 26.6. The van der Waals surface area contributed by atoms with E-state index in [0.29, 0.717) is 47.8 Å². The number of carbonyl (C=O) groups is 2. The summed E-state index contributed by atoms with van der Waals surface area (Å²) in [5.74, 6) is 0.962. The molecule has 188 valence electrons. The zero-order valence-corrected chi connectivity index (χ0v) is 21.3. The van der Waals surface area contributed by atoms with E-state index in [1.54, 1.807) is 20.1 Å². The van der Waals surface area contributed by atoms with Gasteiger partial charge in [0, 0.05) is 12.1 Å². The van der Waals surface area contributed by atoms with Crippen LogP contribution in [0, 0.1) is 11.3 Å². The maximum Gasteiger partial charge on any atom is 0.271 e. The molecule has 0 N–H and O–H groups in total. The maximum absolute atomic E-state index is 13.4. The van der Waals surface area contributed by atoms with Gasteiger partial charge in [-0.15, -0.1) is 0 Å². The summed E-state index contributed by atoms with van der Waals surface area (Å²) < 4.78 is 16.8. The van der Waals surface area contributed by atoms with Crippen molar-refractivity contribution in [1.29, 1.82) is 5.26 Å². The van der Waals surface area contributed by atoms with Crippen LogP contribution >= 0.6 is 0 Å². The van der Waals surface area contributed by atoms with Gasteiger partial charge in [-0.3, -0.25) is 14.5 Å². The standard InChI is InChI=1S/C29H32N2O5/c1-5-7-16-36-26-13-10-22(18-27(26)35-6-2)17-24-20(3)25(19-30)29(33)31(28(24)32)15-14-21-8-11-23(34-4)12-9-21/h8-13,17-18H,5-7,14-16H2,1-4H3/b24-17+. The molecule has 1 aliphatic rings. The Balaban J connectivity index is 1.90. The van der Waals surface area contributed by atoms with E-state index in [1.165, 1.54) is 0 Å². The van der Waals surface area contributed by atoms with Crippen LogP contribution in [0.1, 0.15) is 44.7 Å². The highest BCUT2D eigenvalue weighted by atomic mass is 16.5. The predicted molar refractivity (Wildman–Crippen MR) is 138 cm³/mol. The van der Waals surface area contributed by atoms with Crippen LogP contribution < -0.4 is 14.2 Å². The average molecular weight is 489 g/mol. The second kappa shape index (κ2) is 12.6. The Labute approximate surface area is 212 Å². The summed E-state index contributed by atoms with van der Waals surface area (Å²) in [7, 11) is 1.59. The van der Waals surface area contributed by atoms with Gasteiger partial charge < -0.3 is 14.2 Å². The van der Waals surface area contributed by atoms with E-state index < -0.39 is 11.8 Å². The van der Waals surface area contributed by atoms with Gasteiger partial charge in [0.2, 0.25) is 0 Å². The number of nitrogens with zero attached hydrogens (tertiary/aromatic N) is 2. The van der Waals surface area contributed by atoms with Crippen molar-refractivity contribution in [2.45, 2.75) is 40.0 Å². The number of carbonyl (C=O) groups excluding carboxylic acids is 2. The number of benzene rings is 2. The third-order valence-electron chi connectivity index (χ3n) is 5.94. The summed E-state index contributed by atoms with van der Waals surface area (Å²) >= 11 is 0. The highest BCUT2D eigenvalue weighted by molar-refractivity contribution is 6.19. The Bertz CT molecular complexity index is 1210. The Morgan fingerprint density at radius 2 is 1.75 bits per heavy atom. The van der Waals surface area contributed by atoms with Crippen molar-refractivity contribution in [3.8, 4) is 23.3 Å².